The van der Waals surface area contributed by atoms with Crippen molar-refractivity contribution >= 4 is 69.6 Å². The van der Waals surface area contributed by atoms with Crippen LogP contribution in [0.5, 0.6) is 5.75 Å². The molecule has 11 N–H and O–H groups in total. The van der Waals surface area contributed by atoms with E-state index in [0.717, 1.165) is 5.56 Å². The van der Waals surface area contributed by atoms with Crippen molar-refractivity contribution in [1.29, 1.82) is 0 Å². The van der Waals surface area contributed by atoms with Gasteiger partial charge in [-0.15, -0.1) is 0 Å². The summed E-state index contributed by atoms with van der Waals surface area (Å²) >= 11 is 0. The number of amides is 8. The highest BCUT2D eigenvalue weighted by molar-refractivity contribution is 7.86. The number of rotatable bonds is 21. The van der Waals surface area contributed by atoms with Crippen molar-refractivity contribution in [3.05, 3.63) is 119 Å². The minimum absolute atomic E-state index is 0.00783. The average molecular weight is 1040 g/mol. The van der Waals surface area contributed by atoms with Crippen molar-refractivity contribution in [2.45, 2.75) is 81.6 Å². The summed E-state index contributed by atoms with van der Waals surface area (Å²) in [5.41, 5.74) is 4.44. The molecule has 74 heavy (non-hydrogen) atoms. The number of aromatic nitrogens is 1. The number of hydrogen-bond donors (Lipinski definition) is 11. The second-order valence-electron chi connectivity index (χ2n) is 17.1. The Kier molecular flexibility index (Phi) is 21.3. The van der Waals surface area contributed by atoms with Crippen LogP contribution >= 0.6 is 0 Å². The molecular formula is C49H59N11O13S. The molecule has 1 aliphatic heterocycles. The number of carboxylic acid groups (broad SMARTS) is 1. The molecule has 8 amide bonds. The highest BCUT2D eigenvalue weighted by atomic mass is 32.2. The van der Waals surface area contributed by atoms with E-state index in [9.17, 15) is 56.4 Å². The molecule has 1 saturated heterocycles. The van der Waals surface area contributed by atoms with E-state index in [-0.39, 0.29) is 67.3 Å². The zero-order chi connectivity index (χ0) is 53.6. The fourth-order valence-electron chi connectivity index (χ4n) is 7.18. The van der Waals surface area contributed by atoms with Crippen LogP contribution < -0.4 is 52.7 Å². The number of carbonyl (C=O) groups is 8. The van der Waals surface area contributed by atoms with Gasteiger partial charge in [-0.05, 0) is 66.6 Å². The highest BCUT2D eigenvalue weighted by Gasteiger charge is 2.34. The van der Waals surface area contributed by atoms with Gasteiger partial charge in [0.05, 0.1) is 31.4 Å². The van der Waals surface area contributed by atoms with Crippen molar-refractivity contribution in [2.24, 2.45) is 11.0 Å². The van der Waals surface area contributed by atoms with Crippen LogP contribution in [0.3, 0.4) is 0 Å². The fourth-order valence-corrected chi connectivity index (χ4v) is 7.85. The van der Waals surface area contributed by atoms with E-state index in [1.807, 2.05) is 30.3 Å². The summed E-state index contributed by atoms with van der Waals surface area (Å²) < 4.78 is 38.4. The molecule has 1 aromatic heterocycles. The van der Waals surface area contributed by atoms with Crippen molar-refractivity contribution < 1.29 is 61.2 Å². The number of nitrogens with one attached hydrogen (secondary N) is 9. The maximum absolute atomic E-state index is 14.0. The fraction of sp³-hybridized carbons (Fsp3) is 0.347. The predicted molar refractivity (Wildman–Crippen MR) is 268 cm³/mol. The zero-order valence-corrected chi connectivity index (χ0v) is 41.3. The second-order valence-corrected chi connectivity index (χ2v) is 18.5. The number of urea groups is 1. The molecule has 4 atom stereocenters. The van der Waals surface area contributed by atoms with Crippen LogP contribution in [-0.4, -0.2) is 127 Å². The van der Waals surface area contributed by atoms with E-state index in [4.69, 9.17) is 4.74 Å². The van der Waals surface area contributed by atoms with Gasteiger partial charge in [-0.2, -0.15) is 13.5 Å². The summed E-state index contributed by atoms with van der Waals surface area (Å²) in [5, 5.41) is 34.3. The number of ether oxygens (including phenoxy) is 1. The number of nitrogens with zero attached hydrogens (tertiary/aromatic N) is 2. The van der Waals surface area contributed by atoms with Gasteiger partial charge in [-0.3, -0.25) is 43.5 Å². The Balaban J connectivity index is 1.15. The smallest absolute Gasteiger partial charge is 0.315 e. The summed E-state index contributed by atoms with van der Waals surface area (Å²) in [4.78, 5) is 109. The van der Waals surface area contributed by atoms with Gasteiger partial charge in [0.15, 0.2) is 0 Å². The number of benzene rings is 3. The molecule has 3 unspecified atom stereocenters. The van der Waals surface area contributed by atoms with Crippen molar-refractivity contribution in [2.75, 3.05) is 31.7 Å². The number of hydrogen-bond acceptors (Lipinski definition) is 14. The quantitative estimate of drug-likeness (QED) is 0.0240. The first-order valence-corrected chi connectivity index (χ1v) is 24.9. The SMILES string of the molecule is CC(C)[C@H]1NC(=O)C(CCCNC(=O)NCc2ccccc2)NC(=O)CNC(=O)C(CC(=O)O)NC(=O)C(Cc2ccc(OCCCNC(=O)c3ccc(NN=Cc4ccccc4S(=O)(=O)O)nc3)cc2)NC1=O. The molecule has 5 rings (SSSR count). The molecule has 0 bridgehead atoms. The zero-order valence-electron chi connectivity index (χ0n) is 40.5. The monoisotopic (exact) mass is 1040 g/mol. The Labute approximate surface area is 426 Å². The van der Waals surface area contributed by atoms with Gasteiger partial charge in [0.2, 0.25) is 29.5 Å². The van der Waals surface area contributed by atoms with Crippen LogP contribution in [0.4, 0.5) is 10.6 Å². The molecule has 0 saturated carbocycles. The summed E-state index contributed by atoms with van der Waals surface area (Å²) in [6.07, 6.45) is 2.14. The molecule has 4 aromatic rings. The van der Waals surface area contributed by atoms with E-state index in [1.165, 1.54) is 42.7 Å². The lowest BCUT2D eigenvalue weighted by atomic mass is 9.99. The lowest BCUT2D eigenvalue weighted by molar-refractivity contribution is -0.141. The van der Waals surface area contributed by atoms with Gasteiger partial charge in [0.25, 0.3) is 16.0 Å². The minimum Gasteiger partial charge on any atom is -0.494 e. The summed E-state index contributed by atoms with van der Waals surface area (Å²) in [6, 6.07) is 18.5. The Morgan fingerprint density at radius 3 is 2.15 bits per heavy atom. The van der Waals surface area contributed by atoms with Crippen LogP contribution in [0.15, 0.2) is 107 Å². The van der Waals surface area contributed by atoms with Crippen molar-refractivity contribution in [3.8, 4) is 5.75 Å². The average Bonchev–Trinajstić information content (AvgIpc) is 3.37. The topological polar surface area (TPSA) is 354 Å². The molecular weight excluding hydrogens is 983 g/mol. The Bertz CT molecular complexity index is 2750. The van der Waals surface area contributed by atoms with Crippen molar-refractivity contribution in [3.63, 3.8) is 0 Å². The van der Waals surface area contributed by atoms with Crippen LogP contribution in [0.25, 0.3) is 0 Å². The number of aliphatic carboxylic acids is 1. The van der Waals surface area contributed by atoms with Gasteiger partial charge < -0.3 is 52.4 Å². The Morgan fingerprint density at radius 1 is 0.770 bits per heavy atom. The molecule has 1 aliphatic rings. The van der Waals surface area contributed by atoms with Crippen LogP contribution in [0, 0.1) is 5.92 Å². The summed E-state index contributed by atoms with van der Waals surface area (Å²) in [6.45, 7) is 3.48. The van der Waals surface area contributed by atoms with Crippen LogP contribution in [-0.2, 0) is 51.9 Å². The molecule has 0 radical (unpaired) electrons. The number of anilines is 1. The van der Waals surface area contributed by atoms with Gasteiger partial charge in [0, 0.05) is 37.8 Å². The predicted octanol–water partition coefficient (Wildman–Crippen LogP) is 0.995. The summed E-state index contributed by atoms with van der Waals surface area (Å²) in [7, 11) is -4.46. The van der Waals surface area contributed by atoms with E-state index in [0.29, 0.717) is 17.7 Å². The molecule has 2 heterocycles. The van der Waals surface area contributed by atoms with E-state index in [1.54, 1.807) is 44.2 Å². The minimum atomic E-state index is -4.46. The first kappa shape index (κ1) is 56.5. The maximum Gasteiger partial charge on any atom is 0.315 e. The van der Waals surface area contributed by atoms with Gasteiger partial charge in [-0.25, -0.2) is 9.78 Å². The Morgan fingerprint density at radius 2 is 1.46 bits per heavy atom. The highest BCUT2D eigenvalue weighted by Crippen LogP contribution is 2.16. The molecule has 24 nitrogen and oxygen atoms in total. The third kappa shape index (κ3) is 18.6. The molecule has 1 fully saturated rings. The number of carboxylic acids is 1. The van der Waals surface area contributed by atoms with Crippen LogP contribution in [0.2, 0.25) is 0 Å². The lowest BCUT2D eigenvalue weighted by Crippen LogP contribution is -2.59. The van der Waals surface area contributed by atoms with Gasteiger partial charge in [-0.1, -0.05) is 74.5 Å². The number of carbonyl (C=O) groups excluding carboxylic acids is 7. The first-order chi connectivity index (χ1) is 35.4. The van der Waals surface area contributed by atoms with E-state index < -0.39 is 101 Å². The van der Waals surface area contributed by atoms with E-state index in [2.05, 4.69) is 58.0 Å². The third-order valence-corrected chi connectivity index (χ3v) is 12.0. The lowest BCUT2D eigenvalue weighted by Gasteiger charge is -2.27. The van der Waals surface area contributed by atoms with Gasteiger partial charge in [0.1, 0.15) is 40.6 Å². The Hall–Kier alpha value is -8.45. The molecule has 0 spiro atoms. The standard InChI is InChI=1S/C49H59N11O13S/c1-30(2)43-48(68)58-37(47(67)57-38(25-42(62)63)45(65)53-29-41(61)56-36(46(66)59-43)13-8-21-51-49(69)54-26-32-10-4-3-5-11-32)24-31-15-18-35(19-16-31)73-23-9-22-50-44(64)34-17-20-40(52-27-34)60-55-28-33-12-6-7-14-39(33)74(70,71)72/h3-7,10-12,14-20,27-28,30,36-38,43H,8-9,13,21-26,29H2,1-2H3,(H,50,64)(H,52,60)(H,53,65)(H,56,61)(H,57,67)(H,58,68)(H,59,66)(H,62,63)(H2,51,54,69)(H,70,71,72)/t36?,37?,38?,43-/m1/s1. The number of pyridine rings is 1. The van der Waals surface area contributed by atoms with Crippen molar-refractivity contribution in [1.82, 2.24) is 47.5 Å². The van der Waals surface area contributed by atoms with Crippen LogP contribution in [0.1, 0.15) is 66.6 Å². The largest absolute Gasteiger partial charge is 0.494 e. The maximum atomic E-state index is 14.0. The molecule has 25 heteroatoms. The van der Waals surface area contributed by atoms with Gasteiger partial charge >= 0.3 is 12.0 Å². The van der Waals surface area contributed by atoms with E-state index >= 15 is 0 Å². The number of hydrazone groups is 1. The third-order valence-electron chi connectivity index (χ3n) is 11.1. The second kappa shape index (κ2) is 28.0. The molecule has 0 aliphatic carbocycles. The summed E-state index contributed by atoms with van der Waals surface area (Å²) in [5.74, 6) is -5.91. The molecule has 394 valence electrons. The normalized spacial score (nSPS) is 17.8. The molecule has 3 aromatic carbocycles. The first-order valence-electron chi connectivity index (χ1n) is 23.4.